The van der Waals surface area contributed by atoms with Crippen molar-refractivity contribution in [2.24, 2.45) is 0 Å². The van der Waals surface area contributed by atoms with E-state index >= 15 is 0 Å². The molecule has 1 aliphatic rings. The Morgan fingerprint density at radius 1 is 1.10 bits per heavy atom. The molecule has 0 aliphatic carbocycles. The molecule has 0 saturated carbocycles. The van der Waals surface area contributed by atoms with Crippen molar-refractivity contribution in [1.29, 1.82) is 0 Å². The molecule has 104 valence electrons. The molecule has 3 rings (SSSR count). The SMILES string of the molecule is OC[C@H](NC1CSCc2ccccc21)c1ccccc1. The first-order valence-corrected chi connectivity index (χ1v) is 8.11. The van der Waals surface area contributed by atoms with Crippen LogP contribution in [0.15, 0.2) is 54.6 Å². The fourth-order valence-corrected chi connectivity index (χ4v) is 3.81. The molecule has 0 saturated heterocycles. The number of rotatable bonds is 4. The minimum atomic E-state index is -0.00652. The first kappa shape index (κ1) is 13.7. The topological polar surface area (TPSA) is 32.3 Å². The zero-order valence-electron chi connectivity index (χ0n) is 11.3. The molecule has 20 heavy (non-hydrogen) atoms. The summed E-state index contributed by atoms with van der Waals surface area (Å²) in [4.78, 5) is 0. The molecule has 2 aromatic rings. The standard InChI is InChI=1S/C17H19NOS/c19-10-16(13-6-2-1-3-7-13)18-17-12-20-11-14-8-4-5-9-15(14)17/h1-9,16-19H,10-12H2/t16-,17?/m0/s1. The number of nitrogens with one attached hydrogen (secondary N) is 1. The third kappa shape index (κ3) is 2.90. The van der Waals surface area contributed by atoms with Crippen LogP contribution in [0.2, 0.25) is 0 Å². The molecule has 2 aromatic carbocycles. The van der Waals surface area contributed by atoms with Gasteiger partial charge in [-0.25, -0.2) is 0 Å². The van der Waals surface area contributed by atoms with Gasteiger partial charge in [-0.05, 0) is 16.7 Å². The van der Waals surface area contributed by atoms with Gasteiger partial charge in [0.1, 0.15) is 0 Å². The predicted octanol–water partition coefficient (Wildman–Crippen LogP) is 3.30. The molecule has 1 heterocycles. The van der Waals surface area contributed by atoms with Crippen LogP contribution in [-0.2, 0) is 5.75 Å². The second-order valence-electron chi connectivity index (χ2n) is 5.08. The van der Waals surface area contributed by atoms with Gasteiger partial charge in [-0.1, -0.05) is 54.6 Å². The summed E-state index contributed by atoms with van der Waals surface area (Å²) >= 11 is 1.95. The average molecular weight is 285 g/mol. The molecule has 2 atom stereocenters. The summed E-state index contributed by atoms with van der Waals surface area (Å²) < 4.78 is 0. The Hall–Kier alpha value is -1.29. The maximum Gasteiger partial charge on any atom is 0.0626 e. The van der Waals surface area contributed by atoms with Gasteiger partial charge in [0, 0.05) is 17.5 Å². The smallest absolute Gasteiger partial charge is 0.0626 e. The zero-order chi connectivity index (χ0) is 13.8. The van der Waals surface area contributed by atoms with Gasteiger partial charge in [0.25, 0.3) is 0 Å². The van der Waals surface area contributed by atoms with E-state index in [1.807, 2.05) is 30.0 Å². The number of thioether (sulfide) groups is 1. The molecular formula is C17H19NOS. The van der Waals surface area contributed by atoms with Crippen molar-refractivity contribution >= 4 is 11.8 Å². The van der Waals surface area contributed by atoms with E-state index in [0.717, 1.165) is 17.1 Å². The Morgan fingerprint density at radius 2 is 1.85 bits per heavy atom. The number of aliphatic hydroxyl groups excluding tert-OH is 1. The van der Waals surface area contributed by atoms with E-state index < -0.39 is 0 Å². The largest absolute Gasteiger partial charge is 0.394 e. The van der Waals surface area contributed by atoms with Gasteiger partial charge in [-0.15, -0.1) is 0 Å². The van der Waals surface area contributed by atoms with Crippen LogP contribution in [0.25, 0.3) is 0 Å². The van der Waals surface area contributed by atoms with Gasteiger partial charge in [-0.3, -0.25) is 0 Å². The van der Waals surface area contributed by atoms with E-state index in [9.17, 15) is 5.11 Å². The lowest BCUT2D eigenvalue weighted by Crippen LogP contribution is -2.32. The molecule has 0 fully saturated rings. The highest BCUT2D eigenvalue weighted by atomic mass is 32.2. The third-order valence-corrected chi connectivity index (χ3v) is 4.84. The maximum atomic E-state index is 9.69. The molecule has 2 N–H and O–H groups in total. The van der Waals surface area contributed by atoms with Crippen molar-refractivity contribution in [3.63, 3.8) is 0 Å². The van der Waals surface area contributed by atoms with Crippen molar-refractivity contribution in [3.05, 3.63) is 71.3 Å². The average Bonchev–Trinajstić information content (AvgIpc) is 2.53. The summed E-state index contributed by atoms with van der Waals surface area (Å²) in [6.07, 6.45) is 0. The minimum absolute atomic E-state index is 0.00652. The summed E-state index contributed by atoms with van der Waals surface area (Å²) in [6, 6.07) is 19.1. The molecule has 0 amide bonds. The van der Waals surface area contributed by atoms with E-state index in [-0.39, 0.29) is 12.6 Å². The number of benzene rings is 2. The van der Waals surface area contributed by atoms with Gasteiger partial charge in [-0.2, -0.15) is 11.8 Å². The molecule has 0 aromatic heterocycles. The maximum absolute atomic E-state index is 9.69. The highest BCUT2D eigenvalue weighted by Crippen LogP contribution is 2.33. The molecule has 1 unspecified atom stereocenters. The van der Waals surface area contributed by atoms with E-state index in [1.165, 1.54) is 11.1 Å². The quantitative estimate of drug-likeness (QED) is 0.904. The van der Waals surface area contributed by atoms with Crippen LogP contribution in [0.4, 0.5) is 0 Å². The van der Waals surface area contributed by atoms with Crippen LogP contribution in [0.1, 0.15) is 28.8 Å². The molecule has 0 spiro atoms. The summed E-state index contributed by atoms with van der Waals surface area (Å²) in [5.41, 5.74) is 3.93. The van der Waals surface area contributed by atoms with Crippen molar-refractivity contribution in [2.75, 3.05) is 12.4 Å². The number of hydrogen-bond acceptors (Lipinski definition) is 3. The lowest BCUT2D eigenvalue weighted by Gasteiger charge is -2.30. The molecule has 2 nitrogen and oxygen atoms in total. The summed E-state index contributed by atoms with van der Waals surface area (Å²) in [5, 5.41) is 13.3. The number of fused-ring (bicyclic) bond motifs is 1. The van der Waals surface area contributed by atoms with Crippen LogP contribution in [0.5, 0.6) is 0 Å². The zero-order valence-corrected chi connectivity index (χ0v) is 12.1. The fraction of sp³-hybridized carbons (Fsp3) is 0.294. The Balaban J connectivity index is 1.81. The van der Waals surface area contributed by atoms with Gasteiger partial charge in [0.2, 0.25) is 0 Å². The van der Waals surface area contributed by atoms with Crippen molar-refractivity contribution in [2.45, 2.75) is 17.8 Å². The second kappa shape index (κ2) is 6.44. The summed E-state index contributed by atoms with van der Waals surface area (Å²) in [5.74, 6) is 2.14. The Labute approximate surface area is 124 Å². The van der Waals surface area contributed by atoms with Crippen LogP contribution in [0, 0.1) is 0 Å². The summed E-state index contributed by atoms with van der Waals surface area (Å²) in [6.45, 7) is 0.118. The monoisotopic (exact) mass is 285 g/mol. The highest BCUT2D eigenvalue weighted by Gasteiger charge is 2.23. The third-order valence-electron chi connectivity index (χ3n) is 3.76. The first-order valence-electron chi connectivity index (χ1n) is 6.96. The van der Waals surface area contributed by atoms with Crippen molar-refractivity contribution in [1.82, 2.24) is 5.32 Å². The van der Waals surface area contributed by atoms with Gasteiger partial charge in [0.15, 0.2) is 0 Å². The molecule has 1 aliphatic heterocycles. The lowest BCUT2D eigenvalue weighted by atomic mass is 9.99. The van der Waals surface area contributed by atoms with E-state index in [0.29, 0.717) is 6.04 Å². The van der Waals surface area contributed by atoms with Crippen molar-refractivity contribution in [3.8, 4) is 0 Å². The van der Waals surface area contributed by atoms with E-state index in [4.69, 9.17) is 0 Å². The van der Waals surface area contributed by atoms with E-state index in [2.05, 4.69) is 41.7 Å². The molecule has 0 bridgehead atoms. The van der Waals surface area contributed by atoms with Crippen LogP contribution >= 0.6 is 11.8 Å². The molecule has 0 radical (unpaired) electrons. The van der Waals surface area contributed by atoms with Gasteiger partial charge in [0.05, 0.1) is 12.6 Å². The normalized spacial score (nSPS) is 19.4. The van der Waals surface area contributed by atoms with Gasteiger partial charge >= 0.3 is 0 Å². The first-order chi connectivity index (χ1) is 9.88. The Bertz CT molecular complexity index is 558. The minimum Gasteiger partial charge on any atom is -0.394 e. The second-order valence-corrected chi connectivity index (χ2v) is 6.11. The number of aliphatic hydroxyl groups is 1. The van der Waals surface area contributed by atoms with Crippen molar-refractivity contribution < 1.29 is 5.11 Å². The molecular weight excluding hydrogens is 266 g/mol. The number of hydrogen-bond donors (Lipinski definition) is 2. The fourth-order valence-electron chi connectivity index (χ4n) is 2.70. The van der Waals surface area contributed by atoms with E-state index in [1.54, 1.807) is 0 Å². The van der Waals surface area contributed by atoms with Gasteiger partial charge < -0.3 is 10.4 Å². The highest BCUT2D eigenvalue weighted by molar-refractivity contribution is 7.98. The predicted molar refractivity (Wildman–Crippen MR) is 84.7 cm³/mol. The lowest BCUT2D eigenvalue weighted by molar-refractivity contribution is 0.236. The summed E-state index contributed by atoms with van der Waals surface area (Å²) in [7, 11) is 0. The van der Waals surface area contributed by atoms with Crippen LogP contribution in [-0.4, -0.2) is 17.5 Å². The van der Waals surface area contributed by atoms with Crippen LogP contribution in [0.3, 0.4) is 0 Å². The Morgan fingerprint density at radius 3 is 2.65 bits per heavy atom. The molecule has 3 heteroatoms. The Kier molecular flexibility index (Phi) is 4.41. The van der Waals surface area contributed by atoms with Crippen LogP contribution < -0.4 is 5.32 Å².